The Balaban J connectivity index is 1.36. The van der Waals surface area contributed by atoms with Gasteiger partial charge < -0.3 is 15.0 Å². The quantitative estimate of drug-likeness (QED) is 0.498. The van der Waals surface area contributed by atoms with Crippen molar-refractivity contribution >= 4 is 22.6 Å². The number of para-hydroxylation sites is 2. The molecule has 0 bridgehead atoms. The van der Waals surface area contributed by atoms with E-state index in [0.717, 1.165) is 18.6 Å². The number of aromatic amines is 1. The van der Waals surface area contributed by atoms with Crippen LogP contribution in [-0.2, 0) is 0 Å². The average molecular weight is 429 g/mol. The number of rotatable bonds is 5. The SMILES string of the molecule is O=C(Nc1ccccc1-n1ncc2c(=O)[nH]cnc21)c1ccc(OC2CCCCC2)cc1. The Morgan fingerprint density at radius 3 is 2.66 bits per heavy atom. The number of H-pyrrole nitrogens is 1. The molecule has 4 aromatic rings. The predicted molar refractivity (Wildman–Crippen MR) is 121 cm³/mol. The highest BCUT2D eigenvalue weighted by Gasteiger charge is 2.16. The smallest absolute Gasteiger partial charge is 0.261 e. The number of hydrogen-bond donors (Lipinski definition) is 2. The summed E-state index contributed by atoms with van der Waals surface area (Å²) in [5.41, 5.74) is 1.85. The number of carbonyl (C=O) groups excluding carboxylic acids is 1. The van der Waals surface area contributed by atoms with Crippen molar-refractivity contribution in [1.29, 1.82) is 0 Å². The van der Waals surface area contributed by atoms with Crippen LogP contribution in [0.5, 0.6) is 5.75 Å². The molecule has 0 saturated heterocycles. The van der Waals surface area contributed by atoms with Gasteiger partial charge in [0.15, 0.2) is 5.65 Å². The van der Waals surface area contributed by atoms with E-state index in [0.29, 0.717) is 28.0 Å². The summed E-state index contributed by atoms with van der Waals surface area (Å²) in [7, 11) is 0. The molecule has 2 N–H and O–H groups in total. The second-order valence-corrected chi connectivity index (χ2v) is 7.90. The summed E-state index contributed by atoms with van der Waals surface area (Å²) in [6.07, 6.45) is 8.93. The van der Waals surface area contributed by atoms with Crippen molar-refractivity contribution < 1.29 is 9.53 Å². The molecule has 1 amide bonds. The van der Waals surface area contributed by atoms with E-state index in [1.807, 2.05) is 30.3 Å². The molecule has 0 radical (unpaired) electrons. The van der Waals surface area contributed by atoms with Gasteiger partial charge in [-0.1, -0.05) is 18.6 Å². The number of aromatic nitrogens is 4. The molecule has 0 atom stereocenters. The monoisotopic (exact) mass is 429 g/mol. The van der Waals surface area contributed by atoms with Crippen LogP contribution in [0.25, 0.3) is 16.7 Å². The first-order chi connectivity index (χ1) is 15.7. The van der Waals surface area contributed by atoms with Crippen LogP contribution in [0.2, 0.25) is 0 Å². The van der Waals surface area contributed by atoms with Crippen molar-refractivity contribution in [2.24, 2.45) is 0 Å². The number of hydrogen-bond acceptors (Lipinski definition) is 5. The highest BCUT2D eigenvalue weighted by atomic mass is 16.5. The second kappa shape index (κ2) is 8.66. The van der Waals surface area contributed by atoms with Gasteiger partial charge in [-0.25, -0.2) is 9.67 Å². The standard InChI is InChI=1S/C24H23N5O3/c30-23(16-10-12-18(13-11-16)32-17-6-2-1-3-7-17)28-20-8-4-5-9-21(20)29-22-19(14-27-29)24(31)26-15-25-22/h4-5,8-15,17H,1-3,6-7H2,(H,28,30)(H,25,26,31). The predicted octanol–water partition coefficient (Wildman–Crippen LogP) is 4.07. The molecule has 1 aliphatic carbocycles. The number of fused-ring (bicyclic) bond motifs is 1. The Morgan fingerprint density at radius 2 is 1.84 bits per heavy atom. The molecule has 162 valence electrons. The Labute approximate surface area is 184 Å². The Kier molecular flexibility index (Phi) is 5.41. The van der Waals surface area contributed by atoms with E-state index in [1.165, 1.54) is 31.8 Å². The van der Waals surface area contributed by atoms with Gasteiger partial charge in [-0.05, 0) is 62.1 Å². The summed E-state index contributed by atoms with van der Waals surface area (Å²) in [5, 5.41) is 7.62. The lowest BCUT2D eigenvalue weighted by Crippen LogP contribution is -2.19. The zero-order valence-corrected chi connectivity index (χ0v) is 17.5. The number of ether oxygens (including phenoxy) is 1. The molecule has 32 heavy (non-hydrogen) atoms. The molecule has 1 aliphatic rings. The molecule has 1 saturated carbocycles. The average Bonchev–Trinajstić information content (AvgIpc) is 3.26. The fourth-order valence-electron chi connectivity index (χ4n) is 4.05. The van der Waals surface area contributed by atoms with Gasteiger partial charge in [0.2, 0.25) is 0 Å². The van der Waals surface area contributed by atoms with E-state index in [-0.39, 0.29) is 17.6 Å². The van der Waals surface area contributed by atoms with Crippen molar-refractivity contribution in [1.82, 2.24) is 19.7 Å². The molecule has 2 aromatic heterocycles. The van der Waals surface area contributed by atoms with E-state index in [9.17, 15) is 9.59 Å². The Bertz CT molecular complexity index is 1300. The van der Waals surface area contributed by atoms with Crippen molar-refractivity contribution in [3.8, 4) is 11.4 Å². The Morgan fingerprint density at radius 1 is 1.06 bits per heavy atom. The minimum Gasteiger partial charge on any atom is -0.490 e. The normalized spacial score (nSPS) is 14.4. The summed E-state index contributed by atoms with van der Waals surface area (Å²) < 4.78 is 7.59. The van der Waals surface area contributed by atoms with E-state index in [4.69, 9.17) is 4.74 Å². The molecule has 2 aromatic carbocycles. The number of benzene rings is 2. The van der Waals surface area contributed by atoms with Crippen LogP contribution in [0.1, 0.15) is 42.5 Å². The van der Waals surface area contributed by atoms with Crippen LogP contribution >= 0.6 is 0 Å². The molecule has 8 nitrogen and oxygen atoms in total. The van der Waals surface area contributed by atoms with E-state index < -0.39 is 0 Å². The number of nitrogens with zero attached hydrogens (tertiary/aromatic N) is 3. The van der Waals surface area contributed by atoms with Gasteiger partial charge in [0.25, 0.3) is 11.5 Å². The lowest BCUT2D eigenvalue weighted by atomic mass is 9.98. The van der Waals surface area contributed by atoms with Gasteiger partial charge in [-0.2, -0.15) is 5.10 Å². The third kappa shape index (κ3) is 3.99. The summed E-state index contributed by atoms with van der Waals surface area (Å²) in [6.45, 7) is 0. The van der Waals surface area contributed by atoms with E-state index in [2.05, 4.69) is 20.4 Å². The van der Waals surface area contributed by atoms with Gasteiger partial charge >= 0.3 is 0 Å². The van der Waals surface area contributed by atoms with Crippen LogP contribution < -0.4 is 15.6 Å². The maximum atomic E-state index is 12.9. The molecule has 0 aliphatic heterocycles. The largest absolute Gasteiger partial charge is 0.490 e. The van der Waals surface area contributed by atoms with Gasteiger partial charge in [-0.3, -0.25) is 9.59 Å². The minimum absolute atomic E-state index is 0.246. The van der Waals surface area contributed by atoms with Gasteiger partial charge in [-0.15, -0.1) is 0 Å². The fourth-order valence-corrected chi connectivity index (χ4v) is 4.05. The molecular weight excluding hydrogens is 406 g/mol. The van der Waals surface area contributed by atoms with Crippen LogP contribution in [0.4, 0.5) is 5.69 Å². The van der Waals surface area contributed by atoms with E-state index >= 15 is 0 Å². The fraction of sp³-hybridized carbons (Fsp3) is 0.250. The highest BCUT2D eigenvalue weighted by molar-refractivity contribution is 6.05. The Hall–Kier alpha value is -3.94. The number of carbonyl (C=O) groups is 1. The number of nitrogens with one attached hydrogen (secondary N) is 2. The molecule has 8 heteroatoms. The molecule has 0 spiro atoms. The third-order valence-electron chi connectivity index (χ3n) is 5.72. The first-order valence-corrected chi connectivity index (χ1v) is 10.8. The number of amides is 1. The van der Waals surface area contributed by atoms with Crippen LogP contribution in [0.15, 0.2) is 65.8 Å². The van der Waals surface area contributed by atoms with Crippen LogP contribution in [0.3, 0.4) is 0 Å². The van der Waals surface area contributed by atoms with Crippen molar-refractivity contribution in [2.45, 2.75) is 38.2 Å². The van der Waals surface area contributed by atoms with E-state index in [1.54, 1.807) is 22.9 Å². The first kappa shape index (κ1) is 20.0. The first-order valence-electron chi connectivity index (χ1n) is 10.8. The minimum atomic E-state index is -0.265. The molecule has 0 unspecified atom stereocenters. The maximum absolute atomic E-state index is 12.9. The zero-order valence-electron chi connectivity index (χ0n) is 17.5. The second-order valence-electron chi connectivity index (χ2n) is 7.90. The summed E-state index contributed by atoms with van der Waals surface area (Å²) in [4.78, 5) is 31.7. The molecular formula is C24H23N5O3. The molecule has 2 heterocycles. The topological polar surface area (TPSA) is 102 Å². The zero-order chi connectivity index (χ0) is 21.9. The summed E-state index contributed by atoms with van der Waals surface area (Å²) in [6, 6.07) is 14.5. The van der Waals surface area contributed by atoms with Crippen LogP contribution in [0, 0.1) is 0 Å². The van der Waals surface area contributed by atoms with Gasteiger partial charge in [0, 0.05) is 5.56 Å². The number of anilines is 1. The maximum Gasteiger partial charge on any atom is 0.261 e. The van der Waals surface area contributed by atoms with Gasteiger partial charge in [0.1, 0.15) is 11.1 Å². The lowest BCUT2D eigenvalue weighted by Gasteiger charge is -2.23. The van der Waals surface area contributed by atoms with Gasteiger partial charge in [0.05, 0.1) is 30.0 Å². The third-order valence-corrected chi connectivity index (χ3v) is 5.72. The van der Waals surface area contributed by atoms with Crippen molar-refractivity contribution in [2.75, 3.05) is 5.32 Å². The van der Waals surface area contributed by atoms with Crippen molar-refractivity contribution in [3.63, 3.8) is 0 Å². The van der Waals surface area contributed by atoms with Crippen molar-refractivity contribution in [3.05, 3.63) is 77.0 Å². The lowest BCUT2D eigenvalue weighted by molar-refractivity contribution is 0.102. The summed E-state index contributed by atoms with van der Waals surface area (Å²) in [5.74, 6) is 0.539. The molecule has 5 rings (SSSR count). The highest BCUT2D eigenvalue weighted by Crippen LogP contribution is 2.25. The summed E-state index contributed by atoms with van der Waals surface area (Å²) >= 11 is 0. The molecule has 1 fully saturated rings. The van der Waals surface area contributed by atoms with Crippen LogP contribution in [-0.4, -0.2) is 31.8 Å².